The Morgan fingerprint density at radius 1 is 1.19 bits per heavy atom. The highest BCUT2D eigenvalue weighted by Gasteiger charge is 2.18. The fraction of sp³-hybridized carbons (Fsp3) is 0.333. The number of hydrogen-bond acceptors (Lipinski definition) is 4. The highest BCUT2D eigenvalue weighted by molar-refractivity contribution is 9.10. The summed E-state index contributed by atoms with van der Waals surface area (Å²) in [7, 11) is 0. The van der Waals surface area contributed by atoms with E-state index < -0.39 is 0 Å². The van der Waals surface area contributed by atoms with Gasteiger partial charge in [0.25, 0.3) is 5.56 Å². The maximum atomic E-state index is 11.3. The number of nitrogens with one attached hydrogen (secondary N) is 1. The maximum Gasteiger partial charge on any atom is 0.252 e. The number of anilines is 1. The van der Waals surface area contributed by atoms with E-state index in [1.165, 1.54) is 11.9 Å². The largest absolute Gasteiger partial charge is 0.354 e. The number of benzene rings is 1. The van der Waals surface area contributed by atoms with Crippen molar-refractivity contribution in [1.29, 1.82) is 0 Å². The van der Waals surface area contributed by atoms with Gasteiger partial charge in [0.15, 0.2) is 0 Å². The highest BCUT2D eigenvalue weighted by atomic mass is 79.9. The monoisotopic (exact) mass is 348 g/mol. The standard InChI is InChI=1S/C15H17BrN4O/c16-13-4-2-1-3-12(13)10-19-5-7-20(8-6-19)14-9-15(21)18-11-17-14/h1-4,9,11H,5-8,10H2,(H,17,18,21). The van der Waals surface area contributed by atoms with E-state index in [4.69, 9.17) is 0 Å². The minimum atomic E-state index is -0.101. The highest BCUT2D eigenvalue weighted by Crippen LogP contribution is 2.19. The lowest BCUT2D eigenvalue weighted by Gasteiger charge is -2.35. The van der Waals surface area contributed by atoms with Gasteiger partial charge in [-0.2, -0.15) is 0 Å². The first-order valence-corrected chi connectivity index (χ1v) is 7.77. The SMILES string of the molecule is O=c1cc(N2CCN(Cc3ccccc3Br)CC2)nc[nH]1. The van der Waals surface area contributed by atoms with Crippen molar-refractivity contribution in [3.05, 3.63) is 57.0 Å². The number of aromatic nitrogens is 2. The fourth-order valence-corrected chi connectivity index (χ4v) is 2.94. The Hall–Kier alpha value is -1.66. The van der Waals surface area contributed by atoms with Gasteiger partial charge in [-0.3, -0.25) is 9.69 Å². The number of nitrogens with zero attached hydrogens (tertiary/aromatic N) is 3. The quantitative estimate of drug-likeness (QED) is 0.919. The molecule has 0 unspecified atom stereocenters. The predicted octanol–water partition coefficient (Wildman–Crippen LogP) is 1.85. The first-order valence-electron chi connectivity index (χ1n) is 6.98. The Balaban J connectivity index is 1.60. The molecule has 0 atom stereocenters. The fourth-order valence-electron chi connectivity index (χ4n) is 2.53. The number of aromatic amines is 1. The average Bonchev–Trinajstić information content (AvgIpc) is 2.50. The van der Waals surface area contributed by atoms with Crippen molar-refractivity contribution >= 4 is 21.7 Å². The molecular weight excluding hydrogens is 332 g/mol. The lowest BCUT2D eigenvalue weighted by atomic mass is 10.2. The van der Waals surface area contributed by atoms with Crippen molar-refractivity contribution in [2.45, 2.75) is 6.54 Å². The summed E-state index contributed by atoms with van der Waals surface area (Å²) in [5.74, 6) is 0.763. The molecule has 5 nitrogen and oxygen atoms in total. The van der Waals surface area contributed by atoms with E-state index in [2.05, 4.69) is 53.9 Å². The number of hydrogen-bond donors (Lipinski definition) is 1. The molecule has 0 spiro atoms. The molecule has 6 heteroatoms. The van der Waals surface area contributed by atoms with Gasteiger partial charge in [0.1, 0.15) is 5.82 Å². The summed E-state index contributed by atoms with van der Waals surface area (Å²) in [6, 6.07) is 9.88. The topological polar surface area (TPSA) is 52.2 Å². The second-order valence-electron chi connectivity index (χ2n) is 5.12. The molecule has 1 aliphatic heterocycles. The second-order valence-corrected chi connectivity index (χ2v) is 5.98. The van der Waals surface area contributed by atoms with Crippen LogP contribution in [0.1, 0.15) is 5.56 Å². The average molecular weight is 349 g/mol. The molecule has 0 aliphatic carbocycles. The van der Waals surface area contributed by atoms with Crippen LogP contribution in [0, 0.1) is 0 Å². The van der Waals surface area contributed by atoms with Crippen LogP contribution in [0.3, 0.4) is 0 Å². The molecule has 0 amide bonds. The molecule has 1 saturated heterocycles. The van der Waals surface area contributed by atoms with Gasteiger partial charge in [0.05, 0.1) is 6.33 Å². The van der Waals surface area contributed by atoms with Gasteiger partial charge in [-0.25, -0.2) is 4.98 Å². The van der Waals surface area contributed by atoms with Crippen LogP contribution in [0.2, 0.25) is 0 Å². The molecule has 1 aromatic carbocycles. The van der Waals surface area contributed by atoms with Gasteiger partial charge in [-0.1, -0.05) is 34.1 Å². The summed E-state index contributed by atoms with van der Waals surface area (Å²) in [4.78, 5) is 22.7. The van der Waals surface area contributed by atoms with E-state index in [0.29, 0.717) is 0 Å². The molecule has 2 aromatic rings. The Kier molecular flexibility index (Phi) is 4.36. The Labute approximate surface area is 131 Å². The van der Waals surface area contributed by atoms with Crippen LogP contribution >= 0.6 is 15.9 Å². The van der Waals surface area contributed by atoms with E-state index in [1.807, 2.05) is 6.07 Å². The summed E-state index contributed by atoms with van der Waals surface area (Å²) in [6.45, 7) is 4.66. The number of halogens is 1. The molecule has 1 aromatic heterocycles. The summed E-state index contributed by atoms with van der Waals surface area (Å²) in [6.07, 6.45) is 1.46. The number of piperazine rings is 1. The van der Waals surface area contributed by atoms with Crippen LogP contribution in [-0.2, 0) is 6.54 Å². The van der Waals surface area contributed by atoms with Crippen molar-refractivity contribution in [2.75, 3.05) is 31.1 Å². The molecule has 110 valence electrons. The molecule has 1 aliphatic rings. The number of rotatable bonds is 3. The van der Waals surface area contributed by atoms with Gasteiger partial charge in [-0.05, 0) is 11.6 Å². The van der Waals surface area contributed by atoms with Crippen molar-refractivity contribution in [3.63, 3.8) is 0 Å². The third-order valence-corrected chi connectivity index (χ3v) is 4.49. The van der Waals surface area contributed by atoms with Crippen molar-refractivity contribution < 1.29 is 0 Å². The van der Waals surface area contributed by atoms with Gasteiger partial charge >= 0.3 is 0 Å². The predicted molar refractivity (Wildman–Crippen MR) is 86.5 cm³/mol. The van der Waals surface area contributed by atoms with Crippen LogP contribution in [0.4, 0.5) is 5.82 Å². The minimum absolute atomic E-state index is 0.101. The summed E-state index contributed by atoms with van der Waals surface area (Å²) < 4.78 is 1.16. The van der Waals surface area contributed by atoms with E-state index in [-0.39, 0.29) is 5.56 Å². The minimum Gasteiger partial charge on any atom is -0.354 e. The van der Waals surface area contributed by atoms with Crippen LogP contribution < -0.4 is 10.5 Å². The van der Waals surface area contributed by atoms with E-state index in [9.17, 15) is 4.79 Å². The smallest absolute Gasteiger partial charge is 0.252 e. The second kappa shape index (κ2) is 6.41. The zero-order valence-corrected chi connectivity index (χ0v) is 13.2. The van der Waals surface area contributed by atoms with Crippen molar-refractivity contribution in [3.8, 4) is 0 Å². The number of H-pyrrole nitrogens is 1. The first-order chi connectivity index (χ1) is 10.2. The van der Waals surface area contributed by atoms with Gasteiger partial charge in [0, 0.05) is 43.3 Å². The molecule has 1 fully saturated rings. The van der Waals surface area contributed by atoms with Crippen LogP contribution in [0.25, 0.3) is 0 Å². The Bertz CT molecular complexity index is 664. The van der Waals surface area contributed by atoms with Crippen LogP contribution in [0.5, 0.6) is 0 Å². The van der Waals surface area contributed by atoms with E-state index in [1.54, 1.807) is 6.07 Å². The van der Waals surface area contributed by atoms with Crippen LogP contribution in [-0.4, -0.2) is 41.0 Å². The Morgan fingerprint density at radius 3 is 2.67 bits per heavy atom. The molecule has 3 rings (SSSR count). The lowest BCUT2D eigenvalue weighted by Crippen LogP contribution is -2.46. The van der Waals surface area contributed by atoms with Gasteiger partial charge in [-0.15, -0.1) is 0 Å². The van der Waals surface area contributed by atoms with Gasteiger partial charge < -0.3 is 9.88 Å². The third kappa shape index (κ3) is 3.51. The van der Waals surface area contributed by atoms with Crippen LogP contribution in [0.15, 0.2) is 45.9 Å². The third-order valence-electron chi connectivity index (χ3n) is 3.71. The molecule has 0 saturated carbocycles. The van der Waals surface area contributed by atoms with Crippen molar-refractivity contribution in [1.82, 2.24) is 14.9 Å². The molecular formula is C15H17BrN4O. The molecule has 0 radical (unpaired) electrons. The molecule has 21 heavy (non-hydrogen) atoms. The molecule has 0 bridgehead atoms. The summed E-state index contributed by atoms with van der Waals surface area (Å²) >= 11 is 3.59. The zero-order chi connectivity index (χ0) is 14.7. The molecule has 1 N–H and O–H groups in total. The van der Waals surface area contributed by atoms with Gasteiger partial charge in [0.2, 0.25) is 0 Å². The van der Waals surface area contributed by atoms with E-state index in [0.717, 1.165) is 43.0 Å². The summed E-state index contributed by atoms with van der Waals surface area (Å²) in [5.41, 5.74) is 1.20. The normalized spacial score (nSPS) is 16.1. The van der Waals surface area contributed by atoms with E-state index >= 15 is 0 Å². The Morgan fingerprint density at radius 2 is 1.95 bits per heavy atom. The zero-order valence-electron chi connectivity index (χ0n) is 11.6. The maximum absolute atomic E-state index is 11.3. The molecule has 2 heterocycles. The lowest BCUT2D eigenvalue weighted by molar-refractivity contribution is 0.249. The summed E-state index contributed by atoms with van der Waals surface area (Å²) in [5, 5.41) is 0. The first kappa shape index (κ1) is 14.3. The van der Waals surface area contributed by atoms with Crippen molar-refractivity contribution in [2.24, 2.45) is 0 Å².